The standard InChI is InChI=1S/C35H32N2O5/c1-41-27-14-12-26(13-15-27)36-28(34-30(38)18-24(19-31(34)39)22-8-4-2-5-9-22)16-17-29-35-32(40)20-25(21-33(35)42-37-29)23-10-6-3-7-11-23/h2-15,24-25,38H,16-21H2,1H3. The van der Waals surface area contributed by atoms with Crippen molar-refractivity contribution in [3.05, 3.63) is 124 Å². The predicted octanol–water partition coefficient (Wildman–Crippen LogP) is 7.26. The summed E-state index contributed by atoms with van der Waals surface area (Å²) in [5.41, 5.74) is 4.59. The molecule has 3 aromatic carbocycles. The Balaban J connectivity index is 1.28. The van der Waals surface area contributed by atoms with E-state index in [1.165, 1.54) is 0 Å². The molecule has 1 N–H and O–H groups in total. The number of Topliss-reactive ketones (excluding diaryl/α,β-unsaturated/α-hetero) is 2. The smallest absolute Gasteiger partial charge is 0.168 e. The zero-order valence-corrected chi connectivity index (χ0v) is 23.5. The molecule has 0 aliphatic heterocycles. The molecule has 6 rings (SSSR count). The number of carbonyl (C=O) groups excluding carboxylic acids is 2. The molecule has 0 saturated carbocycles. The minimum absolute atomic E-state index is 0.0107. The first kappa shape index (κ1) is 27.4. The van der Waals surface area contributed by atoms with Crippen molar-refractivity contribution < 1.29 is 24.0 Å². The first-order chi connectivity index (χ1) is 20.5. The van der Waals surface area contributed by atoms with Crippen molar-refractivity contribution in [1.82, 2.24) is 5.16 Å². The number of hydrogen-bond donors (Lipinski definition) is 1. The van der Waals surface area contributed by atoms with Crippen LogP contribution in [0.5, 0.6) is 5.75 Å². The van der Waals surface area contributed by atoms with Crippen molar-refractivity contribution in [3.63, 3.8) is 0 Å². The Morgan fingerprint density at radius 3 is 2.10 bits per heavy atom. The summed E-state index contributed by atoms with van der Waals surface area (Å²) in [6, 6.07) is 27.0. The predicted molar refractivity (Wildman–Crippen MR) is 160 cm³/mol. The molecule has 0 radical (unpaired) electrons. The molecule has 0 amide bonds. The molecule has 0 bridgehead atoms. The molecular formula is C35H32N2O5. The summed E-state index contributed by atoms with van der Waals surface area (Å²) in [5.74, 6) is 1.15. The first-order valence-electron chi connectivity index (χ1n) is 14.3. The third-order valence-corrected chi connectivity index (χ3v) is 8.18. The third-order valence-electron chi connectivity index (χ3n) is 8.18. The van der Waals surface area contributed by atoms with Crippen LogP contribution in [0, 0.1) is 0 Å². The monoisotopic (exact) mass is 560 g/mol. The quantitative estimate of drug-likeness (QED) is 0.228. The van der Waals surface area contributed by atoms with Gasteiger partial charge in [0.15, 0.2) is 11.6 Å². The van der Waals surface area contributed by atoms with E-state index in [1.807, 2.05) is 72.8 Å². The van der Waals surface area contributed by atoms with Gasteiger partial charge in [-0.3, -0.25) is 14.6 Å². The van der Waals surface area contributed by atoms with E-state index in [0.29, 0.717) is 66.3 Å². The molecule has 0 fully saturated rings. The average Bonchev–Trinajstić information content (AvgIpc) is 3.44. The Labute approximate surface area is 244 Å². The van der Waals surface area contributed by atoms with E-state index in [9.17, 15) is 14.7 Å². The molecule has 7 heteroatoms. The van der Waals surface area contributed by atoms with Gasteiger partial charge >= 0.3 is 0 Å². The van der Waals surface area contributed by atoms with Crippen LogP contribution >= 0.6 is 0 Å². The van der Waals surface area contributed by atoms with Crippen molar-refractivity contribution in [2.24, 2.45) is 4.99 Å². The number of aliphatic imine (C=N–C) groups is 1. The van der Waals surface area contributed by atoms with Crippen molar-refractivity contribution in [3.8, 4) is 5.75 Å². The first-order valence-corrected chi connectivity index (χ1v) is 14.3. The average molecular weight is 561 g/mol. The highest BCUT2D eigenvalue weighted by molar-refractivity contribution is 6.24. The number of aryl methyl sites for hydroxylation is 1. The molecule has 2 aliphatic carbocycles. The lowest BCUT2D eigenvalue weighted by Crippen LogP contribution is -2.24. The number of aromatic nitrogens is 1. The number of methoxy groups -OCH3 is 1. The summed E-state index contributed by atoms with van der Waals surface area (Å²) in [5, 5.41) is 15.5. The lowest BCUT2D eigenvalue weighted by Gasteiger charge is -2.24. The SMILES string of the molecule is COc1ccc(N=C(CCc2noc3c2C(=O)CC(c2ccccc2)C3)C2=C(O)CC(c3ccccc3)CC2=O)cc1. The van der Waals surface area contributed by atoms with Crippen LogP contribution in [0.25, 0.3) is 0 Å². The number of aliphatic hydroxyl groups is 1. The highest BCUT2D eigenvalue weighted by atomic mass is 16.5. The number of ether oxygens (including phenoxy) is 1. The molecule has 42 heavy (non-hydrogen) atoms. The molecule has 2 unspecified atom stereocenters. The van der Waals surface area contributed by atoms with E-state index in [0.717, 1.165) is 11.1 Å². The van der Waals surface area contributed by atoms with Gasteiger partial charge in [-0.1, -0.05) is 65.8 Å². The van der Waals surface area contributed by atoms with Crippen LogP contribution in [0.3, 0.4) is 0 Å². The zero-order chi connectivity index (χ0) is 29.1. The molecule has 0 saturated heterocycles. The second kappa shape index (κ2) is 12.0. The minimum atomic E-state index is -0.149. The Morgan fingerprint density at radius 1 is 0.857 bits per heavy atom. The van der Waals surface area contributed by atoms with E-state index in [4.69, 9.17) is 14.3 Å². The number of fused-ring (bicyclic) bond motifs is 1. The highest BCUT2D eigenvalue weighted by Crippen LogP contribution is 2.37. The van der Waals surface area contributed by atoms with Crippen LogP contribution in [-0.2, 0) is 17.6 Å². The normalized spacial score (nSPS) is 19.1. The van der Waals surface area contributed by atoms with Gasteiger partial charge in [0.25, 0.3) is 0 Å². The summed E-state index contributed by atoms with van der Waals surface area (Å²) < 4.78 is 11.0. The third kappa shape index (κ3) is 5.68. The van der Waals surface area contributed by atoms with Gasteiger partial charge in [-0.05, 0) is 60.1 Å². The van der Waals surface area contributed by atoms with Gasteiger partial charge in [0.2, 0.25) is 0 Å². The van der Waals surface area contributed by atoms with Crippen LogP contribution in [0.1, 0.15) is 70.5 Å². The Bertz CT molecular complexity index is 1650. The highest BCUT2D eigenvalue weighted by Gasteiger charge is 2.34. The fraction of sp³-hybridized carbons (Fsp3) is 0.257. The van der Waals surface area contributed by atoms with Gasteiger partial charge in [-0.2, -0.15) is 0 Å². The van der Waals surface area contributed by atoms with E-state index < -0.39 is 0 Å². The van der Waals surface area contributed by atoms with Crippen LogP contribution in [0.15, 0.2) is 106 Å². The van der Waals surface area contributed by atoms with Crippen LogP contribution < -0.4 is 4.74 Å². The molecular weight excluding hydrogens is 528 g/mol. The summed E-state index contributed by atoms with van der Waals surface area (Å²) in [7, 11) is 1.60. The van der Waals surface area contributed by atoms with E-state index in [-0.39, 0.29) is 41.2 Å². The number of benzene rings is 3. The van der Waals surface area contributed by atoms with Gasteiger partial charge in [0, 0.05) is 25.7 Å². The molecule has 2 atom stereocenters. The molecule has 212 valence electrons. The maximum Gasteiger partial charge on any atom is 0.168 e. The largest absolute Gasteiger partial charge is 0.511 e. The van der Waals surface area contributed by atoms with Crippen molar-refractivity contribution in [2.45, 2.75) is 50.4 Å². The molecule has 2 aliphatic rings. The number of carbonyl (C=O) groups is 2. The second-order valence-corrected chi connectivity index (χ2v) is 10.9. The van der Waals surface area contributed by atoms with Crippen LogP contribution in [-0.4, -0.2) is 34.7 Å². The fourth-order valence-corrected chi connectivity index (χ4v) is 6.04. The number of allylic oxidation sites excluding steroid dienone is 2. The summed E-state index contributed by atoms with van der Waals surface area (Å²) in [4.78, 5) is 31.6. The maximum absolute atomic E-state index is 13.5. The van der Waals surface area contributed by atoms with E-state index in [2.05, 4.69) is 5.16 Å². The Hall–Kier alpha value is -4.78. The van der Waals surface area contributed by atoms with Crippen molar-refractivity contribution in [1.29, 1.82) is 0 Å². The van der Waals surface area contributed by atoms with Crippen molar-refractivity contribution in [2.75, 3.05) is 7.11 Å². The zero-order valence-electron chi connectivity index (χ0n) is 23.5. The fourth-order valence-electron chi connectivity index (χ4n) is 6.04. The summed E-state index contributed by atoms with van der Waals surface area (Å²) >= 11 is 0. The number of rotatable bonds is 8. The second-order valence-electron chi connectivity index (χ2n) is 10.9. The van der Waals surface area contributed by atoms with Crippen LogP contribution in [0.4, 0.5) is 5.69 Å². The maximum atomic E-state index is 13.5. The minimum Gasteiger partial charge on any atom is -0.511 e. The Morgan fingerprint density at radius 2 is 1.48 bits per heavy atom. The molecule has 4 aromatic rings. The van der Waals surface area contributed by atoms with Gasteiger partial charge in [0.05, 0.1) is 35.3 Å². The lowest BCUT2D eigenvalue weighted by atomic mass is 9.80. The lowest BCUT2D eigenvalue weighted by molar-refractivity contribution is -0.116. The Kier molecular flexibility index (Phi) is 7.82. The molecule has 1 aromatic heterocycles. The molecule has 0 spiro atoms. The summed E-state index contributed by atoms with van der Waals surface area (Å²) in [6.45, 7) is 0. The van der Waals surface area contributed by atoms with E-state index >= 15 is 0 Å². The van der Waals surface area contributed by atoms with Gasteiger partial charge in [0.1, 0.15) is 17.3 Å². The van der Waals surface area contributed by atoms with Gasteiger partial charge in [-0.25, -0.2) is 0 Å². The van der Waals surface area contributed by atoms with Gasteiger partial charge < -0.3 is 14.4 Å². The van der Waals surface area contributed by atoms with Gasteiger partial charge in [-0.15, -0.1) is 0 Å². The number of aliphatic hydroxyl groups excluding tert-OH is 1. The topological polar surface area (TPSA) is 102 Å². The molecule has 7 nitrogen and oxygen atoms in total. The van der Waals surface area contributed by atoms with E-state index in [1.54, 1.807) is 19.2 Å². The number of nitrogens with zero attached hydrogens (tertiary/aromatic N) is 2. The number of ketones is 2. The van der Waals surface area contributed by atoms with Crippen LogP contribution in [0.2, 0.25) is 0 Å². The molecule has 1 heterocycles. The van der Waals surface area contributed by atoms with Crippen molar-refractivity contribution >= 4 is 23.0 Å². The summed E-state index contributed by atoms with van der Waals surface area (Å²) in [6.07, 6.45) is 2.29. The number of hydrogen-bond acceptors (Lipinski definition) is 7.